The second-order valence-electron chi connectivity index (χ2n) is 4.37. The van der Waals surface area contributed by atoms with Crippen LogP contribution in [-0.4, -0.2) is 42.6 Å². The second-order valence-corrected chi connectivity index (χ2v) is 4.37. The fourth-order valence-electron chi connectivity index (χ4n) is 1.99. The van der Waals surface area contributed by atoms with Crippen LogP contribution in [0.25, 0.3) is 0 Å². The summed E-state index contributed by atoms with van der Waals surface area (Å²) in [6, 6.07) is -0.443. The van der Waals surface area contributed by atoms with E-state index >= 15 is 0 Å². The number of rotatable bonds is 5. The van der Waals surface area contributed by atoms with Crippen LogP contribution in [0.15, 0.2) is 0 Å². The molecule has 7 nitrogen and oxygen atoms in total. The van der Waals surface area contributed by atoms with Gasteiger partial charge in [0.05, 0.1) is 5.92 Å². The lowest BCUT2D eigenvalue weighted by molar-refractivity contribution is -0.141. The first-order chi connectivity index (χ1) is 8.52. The molecule has 1 aliphatic carbocycles. The van der Waals surface area contributed by atoms with Gasteiger partial charge in [0.15, 0.2) is 0 Å². The van der Waals surface area contributed by atoms with Crippen LogP contribution < -0.4 is 16.0 Å². The van der Waals surface area contributed by atoms with E-state index in [0.29, 0.717) is 19.3 Å². The summed E-state index contributed by atoms with van der Waals surface area (Å²) in [5.74, 6) is -1.30. The molecule has 2 atom stereocenters. The minimum Gasteiger partial charge on any atom is -0.481 e. The van der Waals surface area contributed by atoms with E-state index in [1.54, 1.807) is 0 Å². The number of carboxylic acid groups (broad SMARTS) is 1. The largest absolute Gasteiger partial charge is 0.481 e. The van der Waals surface area contributed by atoms with Gasteiger partial charge in [0.2, 0.25) is 5.91 Å². The zero-order chi connectivity index (χ0) is 13.5. The Hall–Kier alpha value is -1.79. The predicted molar refractivity (Wildman–Crippen MR) is 64.0 cm³/mol. The van der Waals surface area contributed by atoms with Crippen molar-refractivity contribution in [3.8, 4) is 0 Å². The van der Waals surface area contributed by atoms with Crippen LogP contribution in [0, 0.1) is 5.92 Å². The first-order valence-corrected chi connectivity index (χ1v) is 6.00. The van der Waals surface area contributed by atoms with Crippen LogP contribution in [0.1, 0.15) is 25.7 Å². The van der Waals surface area contributed by atoms with Crippen molar-refractivity contribution in [3.63, 3.8) is 0 Å². The van der Waals surface area contributed by atoms with Crippen molar-refractivity contribution in [2.24, 2.45) is 5.92 Å². The maximum absolute atomic E-state index is 11.4. The summed E-state index contributed by atoms with van der Waals surface area (Å²) < 4.78 is 0. The number of nitrogens with one attached hydrogen (secondary N) is 3. The Labute approximate surface area is 105 Å². The van der Waals surface area contributed by atoms with Gasteiger partial charge in [-0.15, -0.1) is 0 Å². The normalized spacial score (nSPS) is 22.3. The first-order valence-electron chi connectivity index (χ1n) is 6.00. The van der Waals surface area contributed by atoms with Crippen LogP contribution >= 0.6 is 0 Å². The summed E-state index contributed by atoms with van der Waals surface area (Å²) >= 11 is 0. The molecule has 0 aromatic heterocycles. The molecule has 0 radical (unpaired) electrons. The quantitative estimate of drug-likeness (QED) is 0.541. The highest BCUT2D eigenvalue weighted by molar-refractivity contribution is 5.78. The Balaban J connectivity index is 2.17. The molecular formula is C11H19N3O4. The Morgan fingerprint density at radius 3 is 2.56 bits per heavy atom. The molecule has 1 rings (SSSR count). The first kappa shape index (κ1) is 14.3. The van der Waals surface area contributed by atoms with Gasteiger partial charge in [-0.05, 0) is 19.3 Å². The van der Waals surface area contributed by atoms with E-state index in [4.69, 9.17) is 5.11 Å². The van der Waals surface area contributed by atoms with Gasteiger partial charge < -0.3 is 21.1 Å². The van der Waals surface area contributed by atoms with Crippen molar-refractivity contribution in [1.82, 2.24) is 16.0 Å². The van der Waals surface area contributed by atoms with Crippen molar-refractivity contribution in [2.75, 3.05) is 13.6 Å². The van der Waals surface area contributed by atoms with Gasteiger partial charge in [-0.25, -0.2) is 4.79 Å². The van der Waals surface area contributed by atoms with E-state index in [2.05, 4.69) is 16.0 Å². The second kappa shape index (κ2) is 6.83. The fourth-order valence-corrected chi connectivity index (χ4v) is 1.99. The van der Waals surface area contributed by atoms with Gasteiger partial charge in [-0.2, -0.15) is 0 Å². The number of urea groups is 1. The molecule has 1 saturated carbocycles. The van der Waals surface area contributed by atoms with E-state index in [1.165, 1.54) is 7.05 Å². The topological polar surface area (TPSA) is 108 Å². The summed E-state index contributed by atoms with van der Waals surface area (Å²) in [5, 5.41) is 16.5. The fraction of sp³-hybridized carbons (Fsp3) is 0.727. The lowest BCUT2D eigenvalue weighted by Crippen LogP contribution is -2.42. The van der Waals surface area contributed by atoms with Crippen molar-refractivity contribution < 1.29 is 19.5 Å². The number of aliphatic carboxylic acids is 1. The molecule has 7 heteroatoms. The number of carbonyl (C=O) groups is 3. The molecule has 0 aromatic rings. The van der Waals surface area contributed by atoms with Gasteiger partial charge in [0.25, 0.3) is 0 Å². The Bertz CT molecular complexity index is 332. The highest BCUT2D eigenvalue weighted by atomic mass is 16.4. The number of amides is 3. The number of hydrogen-bond donors (Lipinski definition) is 4. The number of carboxylic acids is 1. The SMILES string of the molecule is CNC(=O)CCNC(=O)NC1CCC(C(=O)O)C1. The molecule has 2 unspecified atom stereocenters. The van der Waals surface area contributed by atoms with Gasteiger partial charge in [0, 0.05) is 26.1 Å². The molecule has 102 valence electrons. The minimum atomic E-state index is -0.806. The highest BCUT2D eigenvalue weighted by Crippen LogP contribution is 2.25. The highest BCUT2D eigenvalue weighted by Gasteiger charge is 2.30. The van der Waals surface area contributed by atoms with Crippen LogP contribution in [0.3, 0.4) is 0 Å². The van der Waals surface area contributed by atoms with E-state index in [-0.39, 0.29) is 36.9 Å². The monoisotopic (exact) mass is 257 g/mol. The molecule has 0 heterocycles. The maximum Gasteiger partial charge on any atom is 0.315 e. The minimum absolute atomic E-state index is 0.0916. The average molecular weight is 257 g/mol. The van der Waals surface area contributed by atoms with Crippen molar-refractivity contribution in [2.45, 2.75) is 31.7 Å². The van der Waals surface area contributed by atoms with Crippen molar-refractivity contribution in [3.05, 3.63) is 0 Å². The summed E-state index contributed by atoms with van der Waals surface area (Å²) in [6.07, 6.45) is 1.98. The molecule has 3 amide bonds. The molecular weight excluding hydrogens is 238 g/mol. The van der Waals surface area contributed by atoms with Crippen molar-refractivity contribution in [1.29, 1.82) is 0 Å². The molecule has 4 N–H and O–H groups in total. The maximum atomic E-state index is 11.4. The number of hydrogen-bond acceptors (Lipinski definition) is 3. The summed E-state index contributed by atoms with van der Waals surface area (Å²) in [7, 11) is 1.53. The third-order valence-electron chi connectivity index (χ3n) is 3.03. The molecule has 0 bridgehead atoms. The average Bonchev–Trinajstić information content (AvgIpc) is 2.77. The van der Waals surface area contributed by atoms with Crippen LogP contribution in [-0.2, 0) is 9.59 Å². The summed E-state index contributed by atoms with van der Waals surface area (Å²) in [6.45, 7) is 0.264. The predicted octanol–water partition coefficient (Wildman–Crippen LogP) is -0.325. The standard InChI is InChI=1S/C11H19N3O4/c1-12-9(15)4-5-13-11(18)14-8-3-2-7(6-8)10(16)17/h7-8H,2-6H2,1H3,(H,12,15)(H,16,17)(H2,13,14,18). The van der Waals surface area contributed by atoms with E-state index < -0.39 is 5.97 Å². The van der Waals surface area contributed by atoms with Crippen molar-refractivity contribution >= 4 is 17.9 Å². The molecule has 1 aliphatic rings. The van der Waals surface area contributed by atoms with Gasteiger partial charge in [0.1, 0.15) is 0 Å². The molecule has 0 spiro atoms. The number of carbonyl (C=O) groups excluding carboxylic acids is 2. The molecule has 18 heavy (non-hydrogen) atoms. The zero-order valence-electron chi connectivity index (χ0n) is 10.4. The van der Waals surface area contributed by atoms with Crippen LogP contribution in [0.5, 0.6) is 0 Å². The Kier molecular flexibility index (Phi) is 5.41. The molecule has 0 aromatic carbocycles. The van der Waals surface area contributed by atoms with Gasteiger partial charge in [-0.3, -0.25) is 9.59 Å². The molecule has 0 aliphatic heterocycles. The lowest BCUT2D eigenvalue weighted by atomic mass is 10.1. The van der Waals surface area contributed by atoms with Gasteiger partial charge >= 0.3 is 12.0 Å². The third-order valence-corrected chi connectivity index (χ3v) is 3.03. The molecule has 1 fully saturated rings. The van der Waals surface area contributed by atoms with E-state index in [1.807, 2.05) is 0 Å². The Morgan fingerprint density at radius 1 is 1.28 bits per heavy atom. The summed E-state index contributed by atoms with van der Waals surface area (Å²) in [4.78, 5) is 33.1. The zero-order valence-corrected chi connectivity index (χ0v) is 10.4. The third kappa shape index (κ3) is 4.60. The van der Waals surface area contributed by atoms with Crippen LogP contribution in [0.4, 0.5) is 4.79 Å². The van der Waals surface area contributed by atoms with Gasteiger partial charge in [-0.1, -0.05) is 0 Å². The Morgan fingerprint density at radius 2 is 2.00 bits per heavy atom. The molecule has 0 saturated heterocycles. The summed E-state index contributed by atoms with van der Waals surface area (Å²) in [5.41, 5.74) is 0. The smallest absolute Gasteiger partial charge is 0.315 e. The lowest BCUT2D eigenvalue weighted by Gasteiger charge is -2.13. The van der Waals surface area contributed by atoms with Crippen LogP contribution in [0.2, 0.25) is 0 Å². The van der Waals surface area contributed by atoms with E-state index in [9.17, 15) is 14.4 Å². The van der Waals surface area contributed by atoms with E-state index in [0.717, 1.165) is 0 Å².